The third kappa shape index (κ3) is 6.49. The molecule has 1 aromatic rings. The van der Waals surface area contributed by atoms with E-state index in [9.17, 15) is 4.79 Å². The monoisotopic (exact) mass is 206 g/mol. The first kappa shape index (κ1) is 13.4. The summed E-state index contributed by atoms with van der Waals surface area (Å²) in [4.78, 5) is 10.9. The second-order valence-corrected chi connectivity index (χ2v) is 2.50. The highest BCUT2D eigenvalue weighted by Gasteiger charge is 1.92. The van der Waals surface area contributed by atoms with Crippen LogP contribution in [0, 0.1) is 0 Å². The molecule has 0 saturated heterocycles. The van der Waals surface area contributed by atoms with Crippen molar-refractivity contribution in [1.82, 2.24) is 0 Å². The summed E-state index contributed by atoms with van der Waals surface area (Å²) in [6.45, 7) is 6.20. The van der Waals surface area contributed by atoms with Crippen LogP contribution in [0.4, 0.5) is 0 Å². The van der Waals surface area contributed by atoms with Crippen molar-refractivity contribution >= 4 is 12.0 Å². The minimum Gasteiger partial charge on any atom is -0.463 e. The van der Waals surface area contributed by atoms with Crippen LogP contribution in [0.3, 0.4) is 0 Å². The molecule has 82 valence electrons. The molecule has 0 aliphatic carbocycles. The van der Waals surface area contributed by atoms with E-state index in [0.717, 1.165) is 5.56 Å². The topological polar surface area (TPSA) is 26.3 Å². The van der Waals surface area contributed by atoms with Crippen LogP contribution in [0.1, 0.15) is 26.3 Å². The molecular weight excluding hydrogens is 188 g/mol. The third-order valence-electron chi connectivity index (χ3n) is 1.50. The maximum Gasteiger partial charge on any atom is 0.330 e. The SMILES string of the molecule is CC.CCOC(=O)/C=C/c1ccccc1. The third-order valence-corrected chi connectivity index (χ3v) is 1.50. The number of esters is 1. The summed E-state index contributed by atoms with van der Waals surface area (Å²) in [6, 6.07) is 9.63. The minimum absolute atomic E-state index is 0.300. The van der Waals surface area contributed by atoms with Crippen molar-refractivity contribution in [3.8, 4) is 0 Å². The van der Waals surface area contributed by atoms with Crippen molar-refractivity contribution in [1.29, 1.82) is 0 Å². The van der Waals surface area contributed by atoms with Gasteiger partial charge in [-0.1, -0.05) is 44.2 Å². The molecule has 1 aromatic carbocycles. The van der Waals surface area contributed by atoms with E-state index < -0.39 is 0 Å². The van der Waals surface area contributed by atoms with Crippen LogP contribution in [0.25, 0.3) is 6.08 Å². The predicted octanol–water partition coefficient (Wildman–Crippen LogP) is 3.29. The number of carbonyl (C=O) groups is 1. The molecule has 0 aromatic heterocycles. The van der Waals surface area contributed by atoms with Crippen molar-refractivity contribution in [2.45, 2.75) is 20.8 Å². The highest BCUT2D eigenvalue weighted by atomic mass is 16.5. The summed E-state index contributed by atoms with van der Waals surface area (Å²) in [5.41, 5.74) is 0.996. The van der Waals surface area contributed by atoms with E-state index in [2.05, 4.69) is 0 Å². The maximum absolute atomic E-state index is 10.9. The van der Waals surface area contributed by atoms with Gasteiger partial charge in [0.1, 0.15) is 0 Å². The molecule has 0 fully saturated rings. The summed E-state index contributed by atoms with van der Waals surface area (Å²) in [5, 5.41) is 0. The van der Waals surface area contributed by atoms with E-state index in [1.165, 1.54) is 6.08 Å². The van der Waals surface area contributed by atoms with E-state index >= 15 is 0 Å². The standard InChI is InChI=1S/C11H12O2.C2H6/c1-2-13-11(12)9-8-10-6-4-3-5-7-10;1-2/h3-9H,2H2,1H3;1-2H3/b9-8+;. The predicted molar refractivity (Wildman–Crippen MR) is 63.5 cm³/mol. The van der Waals surface area contributed by atoms with Gasteiger partial charge in [-0.15, -0.1) is 0 Å². The molecule has 0 atom stereocenters. The van der Waals surface area contributed by atoms with Crippen LogP contribution in [0.15, 0.2) is 36.4 Å². The van der Waals surface area contributed by atoms with Crippen LogP contribution in [-0.4, -0.2) is 12.6 Å². The first-order valence-electron chi connectivity index (χ1n) is 5.23. The van der Waals surface area contributed by atoms with Crippen molar-refractivity contribution in [2.75, 3.05) is 6.61 Å². The highest BCUT2D eigenvalue weighted by molar-refractivity contribution is 5.86. The lowest BCUT2D eigenvalue weighted by molar-refractivity contribution is -0.137. The molecule has 2 heteroatoms. The number of rotatable bonds is 3. The van der Waals surface area contributed by atoms with Gasteiger partial charge in [0.05, 0.1) is 6.61 Å². The van der Waals surface area contributed by atoms with Gasteiger partial charge in [0.15, 0.2) is 0 Å². The van der Waals surface area contributed by atoms with E-state index in [1.54, 1.807) is 13.0 Å². The van der Waals surface area contributed by atoms with Crippen molar-refractivity contribution in [3.05, 3.63) is 42.0 Å². The van der Waals surface area contributed by atoms with Crippen LogP contribution < -0.4 is 0 Å². The number of hydrogen-bond acceptors (Lipinski definition) is 2. The van der Waals surface area contributed by atoms with Gasteiger partial charge in [-0.25, -0.2) is 4.79 Å². The lowest BCUT2D eigenvalue weighted by atomic mass is 10.2. The van der Waals surface area contributed by atoms with Crippen molar-refractivity contribution < 1.29 is 9.53 Å². The molecule has 0 N–H and O–H groups in total. The van der Waals surface area contributed by atoms with Gasteiger partial charge in [0, 0.05) is 6.08 Å². The van der Waals surface area contributed by atoms with Gasteiger partial charge < -0.3 is 4.74 Å². The van der Waals surface area contributed by atoms with Gasteiger partial charge in [0.25, 0.3) is 0 Å². The van der Waals surface area contributed by atoms with Crippen LogP contribution in [-0.2, 0) is 9.53 Å². The largest absolute Gasteiger partial charge is 0.463 e. The molecule has 0 bridgehead atoms. The Morgan fingerprint density at radius 3 is 2.40 bits per heavy atom. The zero-order valence-electron chi connectivity index (χ0n) is 9.57. The molecule has 0 heterocycles. The Bertz CT molecular complexity index is 289. The fourth-order valence-corrected chi connectivity index (χ4v) is 0.919. The summed E-state index contributed by atoms with van der Waals surface area (Å²) >= 11 is 0. The van der Waals surface area contributed by atoms with Crippen molar-refractivity contribution in [3.63, 3.8) is 0 Å². The first-order chi connectivity index (χ1) is 7.33. The Morgan fingerprint density at radius 2 is 1.87 bits per heavy atom. The summed E-state index contributed by atoms with van der Waals surface area (Å²) in [6.07, 6.45) is 3.16. The molecule has 0 saturated carbocycles. The summed E-state index contributed by atoms with van der Waals surface area (Å²) < 4.78 is 4.74. The number of benzene rings is 1. The van der Waals surface area contributed by atoms with E-state index in [4.69, 9.17) is 4.74 Å². The second-order valence-electron chi connectivity index (χ2n) is 2.50. The van der Waals surface area contributed by atoms with Gasteiger partial charge >= 0.3 is 5.97 Å². The number of carbonyl (C=O) groups excluding carboxylic acids is 1. The zero-order valence-corrected chi connectivity index (χ0v) is 9.57. The normalized spacial score (nSPS) is 9.27. The average molecular weight is 206 g/mol. The minimum atomic E-state index is -0.300. The molecule has 0 aliphatic heterocycles. The first-order valence-corrected chi connectivity index (χ1v) is 5.23. The van der Waals surface area contributed by atoms with Crippen LogP contribution >= 0.6 is 0 Å². The lowest BCUT2D eigenvalue weighted by Crippen LogP contribution is -1.98. The average Bonchev–Trinajstić information content (AvgIpc) is 2.31. The van der Waals surface area contributed by atoms with E-state index in [1.807, 2.05) is 44.2 Å². The van der Waals surface area contributed by atoms with Crippen molar-refractivity contribution in [2.24, 2.45) is 0 Å². The fourth-order valence-electron chi connectivity index (χ4n) is 0.919. The Hall–Kier alpha value is -1.57. The molecular formula is C13H18O2. The Balaban J connectivity index is 0.000000921. The molecule has 0 spiro atoms. The quantitative estimate of drug-likeness (QED) is 0.560. The van der Waals surface area contributed by atoms with Gasteiger partial charge in [-0.05, 0) is 18.6 Å². The van der Waals surface area contributed by atoms with E-state index in [-0.39, 0.29) is 5.97 Å². The highest BCUT2D eigenvalue weighted by Crippen LogP contribution is 2.00. The molecule has 2 nitrogen and oxygen atoms in total. The fraction of sp³-hybridized carbons (Fsp3) is 0.308. The van der Waals surface area contributed by atoms with Crippen LogP contribution in [0.5, 0.6) is 0 Å². The van der Waals surface area contributed by atoms with Crippen LogP contribution in [0.2, 0.25) is 0 Å². The van der Waals surface area contributed by atoms with E-state index in [0.29, 0.717) is 6.61 Å². The molecule has 0 unspecified atom stereocenters. The Kier molecular flexibility index (Phi) is 8.06. The summed E-state index contributed by atoms with van der Waals surface area (Å²) in [7, 11) is 0. The number of hydrogen-bond donors (Lipinski definition) is 0. The lowest BCUT2D eigenvalue weighted by Gasteiger charge is -1.94. The molecule has 1 rings (SSSR count). The Labute approximate surface area is 91.6 Å². The zero-order chi connectivity index (χ0) is 11.5. The smallest absolute Gasteiger partial charge is 0.330 e. The van der Waals surface area contributed by atoms with Gasteiger partial charge in [0.2, 0.25) is 0 Å². The van der Waals surface area contributed by atoms with Gasteiger partial charge in [-0.2, -0.15) is 0 Å². The molecule has 15 heavy (non-hydrogen) atoms. The number of ether oxygens (including phenoxy) is 1. The second kappa shape index (κ2) is 9.00. The summed E-state index contributed by atoms with van der Waals surface area (Å²) in [5.74, 6) is -0.300. The van der Waals surface area contributed by atoms with Gasteiger partial charge in [-0.3, -0.25) is 0 Å². The molecule has 0 aliphatic rings. The molecule has 0 radical (unpaired) electrons. The molecule has 0 amide bonds. The maximum atomic E-state index is 10.9. The Morgan fingerprint density at radius 1 is 1.27 bits per heavy atom.